The van der Waals surface area contributed by atoms with E-state index in [1.54, 1.807) is 30.3 Å². The van der Waals surface area contributed by atoms with Crippen LogP contribution in [-0.2, 0) is 0 Å². The first kappa shape index (κ1) is 15.8. The van der Waals surface area contributed by atoms with Crippen molar-refractivity contribution in [2.24, 2.45) is 0 Å². The zero-order valence-corrected chi connectivity index (χ0v) is 13.9. The summed E-state index contributed by atoms with van der Waals surface area (Å²) in [6, 6.07) is 23.7. The van der Waals surface area contributed by atoms with Crippen molar-refractivity contribution in [2.75, 3.05) is 0 Å². The quantitative estimate of drug-likeness (QED) is 0.606. The van der Waals surface area contributed by atoms with Crippen LogP contribution in [0, 0.1) is 0 Å². The zero-order valence-electron chi connectivity index (χ0n) is 13.9. The van der Waals surface area contributed by atoms with Crippen molar-refractivity contribution in [1.29, 1.82) is 0 Å². The van der Waals surface area contributed by atoms with Gasteiger partial charge in [-0.05, 0) is 35.9 Å². The molecule has 0 aliphatic heterocycles. The molecule has 4 nitrogen and oxygen atoms in total. The van der Waals surface area contributed by atoms with Gasteiger partial charge in [0.15, 0.2) is 0 Å². The lowest BCUT2D eigenvalue weighted by molar-refractivity contribution is 0.475. The van der Waals surface area contributed by atoms with Crippen LogP contribution in [0.2, 0.25) is 0 Å². The van der Waals surface area contributed by atoms with E-state index in [-0.39, 0.29) is 11.3 Å². The minimum atomic E-state index is -0.172. The number of hydrogen-bond acceptors (Lipinski definition) is 3. The van der Waals surface area contributed by atoms with E-state index in [2.05, 4.69) is 4.98 Å². The molecule has 0 saturated heterocycles. The van der Waals surface area contributed by atoms with E-state index in [1.807, 2.05) is 60.7 Å². The van der Waals surface area contributed by atoms with Crippen LogP contribution < -0.4 is 5.56 Å². The van der Waals surface area contributed by atoms with Crippen molar-refractivity contribution in [3.63, 3.8) is 0 Å². The molecule has 0 saturated carbocycles. The number of aromatic hydroxyl groups is 1. The van der Waals surface area contributed by atoms with Gasteiger partial charge in [-0.15, -0.1) is 0 Å². The third kappa shape index (κ3) is 3.00. The normalized spacial score (nSPS) is 11.2. The second kappa shape index (κ2) is 6.69. The third-order valence-corrected chi connectivity index (χ3v) is 4.11. The van der Waals surface area contributed by atoms with Gasteiger partial charge in [0.05, 0.1) is 16.6 Å². The number of fused-ring (bicyclic) bond motifs is 1. The Morgan fingerprint density at radius 2 is 1.62 bits per heavy atom. The van der Waals surface area contributed by atoms with Gasteiger partial charge in [-0.25, -0.2) is 4.98 Å². The predicted octanol–water partition coefficient (Wildman–Crippen LogP) is 4.26. The Labute approximate surface area is 150 Å². The monoisotopic (exact) mass is 340 g/mol. The summed E-state index contributed by atoms with van der Waals surface area (Å²) in [5, 5.41) is 10.4. The van der Waals surface area contributed by atoms with E-state index < -0.39 is 0 Å². The van der Waals surface area contributed by atoms with Crippen molar-refractivity contribution >= 4 is 23.1 Å². The van der Waals surface area contributed by atoms with Crippen LogP contribution in [0.1, 0.15) is 11.4 Å². The van der Waals surface area contributed by atoms with Crippen LogP contribution in [-0.4, -0.2) is 14.7 Å². The number of rotatable bonds is 3. The van der Waals surface area contributed by atoms with Crippen molar-refractivity contribution in [3.8, 4) is 11.4 Å². The summed E-state index contributed by atoms with van der Waals surface area (Å²) in [4.78, 5) is 17.7. The lowest BCUT2D eigenvalue weighted by Crippen LogP contribution is -2.22. The fourth-order valence-corrected chi connectivity index (χ4v) is 2.88. The fraction of sp³-hybridized carbons (Fsp3) is 0. The summed E-state index contributed by atoms with van der Waals surface area (Å²) in [5.41, 5.74) is 2.05. The molecule has 4 heteroatoms. The first-order valence-electron chi connectivity index (χ1n) is 8.27. The van der Waals surface area contributed by atoms with E-state index in [0.29, 0.717) is 22.4 Å². The molecule has 1 N–H and O–H groups in total. The minimum Gasteiger partial charge on any atom is -0.508 e. The molecule has 4 aromatic rings. The molecule has 0 spiro atoms. The molecule has 0 aliphatic carbocycles. The standard InChI is InChI=1S/C22H16N2O2/c25-18-10-6-9-17(15-18)24-21(14-13-16-7-2-1-3-8-16)23-20-12-5-4-11-19(20)22(24)26/h1-15,25H/b14-13+. The van der Waals surface area contributed by atoms with Gasteiger partial charge in [-0.1, -0.05) is 54.6 Å². The summed E-state index contributed by atoms with van der Waals surface area (Å²) >= 11 is 0. The smallest absolute Gasteiger partial charge is 0.266 e. The second-order valence-electron chi connectivity index (χ2n) is 5.89. The van der Waals surface area contributed by atoms with Crippen LogP contribution in [0.15, 0.2) is 83.7 Å². The Bertz CT molecular complexity index is 1160. The Morgan fingerprint density at radius 3 is 2.42 bits per heavy atom. The lowest BCUT2D eigenvalue weighted by atomic mass is 10.2. The molecule has 0 unspecified atom stereocenters. The summed E-state index contributed by atoms with van der Waals surface area (Å²) in [5.74, 6) is 0.601. The Hall–Kier alpha value is -3.66. The lowest BCUT2D eigenvalue weighted by Gasteiger charge is -2.11. The van der Waals surface area contributed by atoms with Gasteiger partial charge >= 0.3 is 0 Å². The maximum Gasteiger partial charge on any atom is 0.266 e. The number of hydrogen-bond donors (Lipinski definition) is 1. The first-order valence-corrected chi connectivity index (χ1v) is 8.27. The highest BCUT2D eigenvalue weighted by molar-refractivity contribution is 5.80. The zero-order chi connectivity index (χ0) is 17.9. The number of aromatic nitrogens is 2. The van der Waals surface area contributed by atoms with Gasteiger partial charge in [0.1, 0.15) is 11.6 Å². The molecule has 1 heterocycles. The summed E-state index contributed by atoms with van der Waals surface area (Å²) < 4.78 is 1.52. The van der Waals surface area contributed by atoms with Gasteiger partial charge in [0.25, 0.3) is 5.56 Å². The van der Waals surface area contributed by atoms with Gasteiger partial charge < -0.3 is 5.11 Å². The molecule has 126 valence electrons. The Balaban J connectivity index is 1.97. The first-order chi connectivity index (χ1) is 12.7. The molecule has 3 aromatic carbocycles. The SMILES string of the molecule is O=c1c2ccccc2nc(/C=C/c2ccccc2)n1-c1cccc(O)c1. The average molecular weight is 340 g/mol. The molecule has 0 amide bonds. The maximum absolute atomic E-state index is 13.1. The van der Waals surface area contributed by atoms with Crippen LogP contribution in [0.25, 0.3) is 28.7 Å². The number of phenols is 1. The van der Waals surface area contributed by atoms with E-state index in [1.165, 1.54) is 4.57 Å². The number of benzene rings is 3. The Kier molecular flexibility index (Phi) is 4.07. The van der Waals surface area contributed by atoms with Crippen molar-refractivity contribution in [1.82, 2.24) is 9.55 Å². The van der Waals surface area contributed by atoms with Crippen LogP contribution >= 0.6 is 0 Å². The maximum atomic E-state index is 13.1. The van der Waals surface area contributed by atoms with E-state index in [4.69, 9.17) is 0 Å². The highest BCUT2D eigenvalue weighted by atomic mass is 16.3. The number of nitrogens with zero attached hydrogens (tertiary/aromatic N) is 2. The van der Waals surface area contributed by atoms with E-state index >= 15 is 0 Å². The van der Waals surface area contributed by atoms with Gasteiger partial charge in [0.2, 0.25) is 0 Å². The molecule has 26 heavy (non-hydrogen) atoms. The molecule has 0 bridgehead atoms. The fourth-order valence-electron chi connectivity index (χ4n) is 2.88. The number of para-hydroxylation sites is 1. The molecule has 0 radical (unpaired) electrons. The average Bonchev–Trinajstić information content (AvgIpc) is 2.67. The van der Waals surface area contributed by atoms with Crippen LogP contribution in [0.5, 0.6) is 5.75 Å². The second-order valence-corrected chi connectivity index (χ2v) is 5.89. The molecule has 4 rings (SSSR count). The highest BCUT2D eigenvalue weighted by Gasteiger charge is 2.11. The molecule has 0 atom stereocenters. The van der Waals surface area contributed by atoms with E-state index in [9.17, 15) is 9.90 Å². The van der Waals surface area contributed by atoms with Crippen molar-refractivity contribution < 1.29 is 5.11 Å². The van der Waals surface area contributed by atoms with Crippen molar-refractivity contribution in [2.45, 2.75) is 0 Å². The third-order valence-electron chi connectivity index (χ3n) is 4.11. The number of phenolic OH excluding ortho intramolecular Hbond substituents is 1. The molecule has 1 aromatic heterocycles. The van der Waals surface area contributed by atoms with Crippen LogP contribution in [0.4, 0.5) is 0 Å². The topological polar surface area (TPSA) is 55.1 Å². The van der Waals surface area contributed by atoms with Gasteiger partial charge in [0, 0.05) is 6.07 Å². The molecule has 0 fully saturated rings. The van der Waals surface area contributed by atoms with E-state index in [0.717, 1.165) is 5.56 Å². The molecule has 0 aliphatic rings. The van der Waals surface area contributed by atoms with Gasteiger partial charge in [-0.2, -0.15) is 0 Å². The summed E-state index contributed by atoms with van der Waals surface area (Å²) in [6.45, 7) is 0. The molecular formula is C22H16N2O2. The summed E-state index contributed by atoms with van der Waals surface area (Å²) in [7, 11) is 0. The largest absolute Gasteiger partial charge is 0.508 e. The molecular weight excluding hydrogens is 324 g/mol. The minimum absolute atomic E-state index is 0.0977. The summed E-state index contributed by atoms with van der Waals surface area (Å²) in [6.07, 6.45) is 3.73. The van der Waals surface area contributed by atoms with Crippen LogP contribution in [0.3, 0.4) is 0 Å². The Morgan fingerprint density at radius 1 is 0.846 bits per heavy atom. The van der Waals surface area contributed by atoms with Gasteiger partial charge in [-0.3, -0.25) is 9.36 Å². The highest BCUT2D eigenvalue weighted by Crippen LogP contribution is 2.18. The predicted molar refractivity (Wildman–Crippen MR) is 104 cm³/mol. The van der Waals surface area contributed by atoms with Crippen molar-refractivity contribution in [3.05, 3.63) is 101 Å².